The van der Waals surface area contributed by atoms with Crippen molar-refractivity contribution < 1.29 is 0 Å². The second-order valence-electron chi connectivity index (χ2n) is 21.9. The summed E-state index contributed by atoms with van der Waals surface area (Å²) in [5.41, 5.74) is 19.8. The Balaban J connectivity index is 1.28. The van der Waals surface area contributed by atoms with Crippen molar-refractivity contribution in [1.29, 1.82) is 0 Å². The predicted octanol–water partition coefficient (Wildman–Crippen LogP) is 16.6. The normalized spacial score (nSPS) is 13.9. The van der Waals surface area contributed by atoms with E-state index >= 15 is 0 Å². The summed E-state index contributed by atoms with van der Waals surface area (Å²) in [6.45, 7) is 28.4. The maximum absolute atomic E-state index is 2.64. The monoisotopic (exact) mass is 883 g/mol. The van der Waals surface area contributed by atoms with E-state index in [2.05, 4.69) is 232 Å². The summed E-state index contributed by atoms with van der Waals surface area (Å²) in [5, 5.41) is 2.66. The first-order chi connectivity index (χ1) is 31.5. The number of rotatable bonds is 11. The van der Waals surface area contributed by atoms with Gasteiger partial charge in [0.25, 0.3) is 6.71 Å². The highest BCUT2D eigenvalue weighted by Gasteiger charge is 2.44. The minimum absolute atomic E-state index is 0.0139. The van der Waals surface area contributed by atoms with Gasteiger partial charge in [-0.15, -0.1) is 11.3 Å². The lowest BCUT2D eigenvalue weighted by molar-refractivity contribution is 0.506. The van der Waals surface area contributed by atoms with E-state index in [0.717, 1.165) is 25.7 Å². The molecule has 3 heterocycles. The van der Waals surface area contributed by atoms with Crippen LogP contribution in [0, 0.1) is 0 Å². The summed E-state index contributed by atoms with van der Waals surface area (Å²) in [6, 6.07) is 54.9. The third-order valence-electron chi connectivity index (χ3n) is 16.7. The summed E-state index contributed by atoms with van der Waals surface area (Å²) >= 11 is 1.89. The third-order valence-corrected chi connectivity index (χ3v) is 17.9. The molecule has 0 aliphatic carbocycles. The molecule has 0 atom stereocenters. The molecule has 0 saturated carbocycles. The van der Waals surface area contributed by atoms with Crippen molar-refractivity contribution in [2.75, 3.05) is 9.80 Å². The summed E-state index contributed by atoms with van der Waals surface area (Å²) in [4.78, 5) is 5.21. The first-order valence-electron chi connectivity index (χ1n) is 24.7. The SMILES string of the molecule is CCC(C)(C)c1ccc(N2c3ccc(C(C)(C)CC)cc3B3c4cc(C(C)(C)CC)ccc4N(c4ccc(C(C)(C)CC)cc4-c4ccc5sc6ccccc6c5c4)c4cccc2c43)cc1. The molecule has 0 unspecified atom stereocenters. The zero-order valence-electron chi connectivity index (χ0n) is 41.5. The molecule has 10 rings (SSSR count). The fraction of sp³-hybridized carbons (Fsp3) is 0.323. The zero-order valence-corrected chi connectivity index (χ0v) is 42.3. The molecule has 0 spiro atoms. The van der Waals surface area contributed by atoms with Crippen LogP contribution in [0.1, 0.15) is 131 Å². The Bertz CT molecular complexity index is 3160. The molecule has 8 aromatic rings. The van der Waals surface area contributed by atoms with E-state index < -0.39 is 0 Å². The molecule has 7 aromatic carbocycles. The molecule has 334 valence electrons. The van der Waals surface area contributed by atoms with Crippen LogP contribution < -0.4 is 26.2 Å². The summed E-state index contributed by atoms with van der Waals surface area (Å²) < 4.78 is 2.67. The van der Waals surface area contributed by atoms with Crippen LogP contribution in [-0.4, -0.2) is 6.71 Å². The maximum atomic E-state index is 2.64. The van der Waals surface area contributed by atoms with Crippen LogP contribution in [0.15, 0.2) is 140 Å². The third kappa shape index (κ3) is 7.04. The highest BCUT2D eigenvalue weighted by Crippen LogP contribution is 2.49. The van der Waals surface area contributed by atoms with Crippen molar-refractivity contribution in [2.45, 2.75) is 130 Å². The average molecular weight is 883 g/mol. The van der Waals surface area contributed by atoms with E-state index in [1.807, 2.05) is 11.3 Å². The van der Waals surface area contributed by atoms with E-state index in [1.54, 1.807) is 0 Å². The lowest BCUT2D eigenvalue weighted by atomic mass is 9.33. The quantitative estimate of drug-likeness (QED) is 0.119. The van der Waals surface area contributed by atoms with Crippen LogP contribution in [0.3, 0.4) is 0 Å². The molecular formula is C62H67BN2S. The highest BCUT2D eigenvalue weighted by atomic mass is 32.1. The maximum Gasteiger partial charge on any atom is 0.252 e. The fourth-order valence-corrected chi connectivity index (χ4v) is 11.6. The Morgan fingerprint density at radius 1 is 0.409 bits per heavy atom. The molecule has 0 fully saturated rings. The van der Waals surface area contributed by atoms with Crippen molar-refractivity contribution in [3.8, 4) is 11.1 Å². The molecule has 2 aliphatic heterocycles. The number of fused-ring (bicyclic) bond motifs is 7. The summed E-state index contributed by atoms with van der Waals surface area (Å²) in [7, 11) is 0. The lowest BCUT2D eigenvalue weighted by Gasteiger charge is -2.45. The Morgan fingerprint density at radius 3 is 1.48 bits per heavy atom. The molecule has 0 bridgehead atoms. The van der Waals surface area contributed by atoms with E-state index in [0.29, 0.717) is 0 Å². The van der Waals surface area contributed by atoms with Gasteiger partial charge in [0.05, 0.1) is 5.69 Å². The van der Waals surface area contributed by atoms with E-state index in [9.17, 15) is 0 Å². The van der Waals surface area contributed by atoms with Crippen LogP contribution in [0.2, 0.25) is 0 Å². The molecular weight excluding hydrogens is 816 g/mol. The standard InChI is InChI=1S/C62H67BN2S/c1-13-59(5,6)41-25-30-45(31-26-41)64-52-33-28-43(61(9,10)15-3)38-49(52)63-50-39-44(62(11,12)16-4)29-34-53(50)65(55-22-19-21-54(64)58(55)63)51-32-27-42(60(7,8)14-2)37-47(51)40-24-35-57-48(36-40)46-20-17-18-23-56(46)66-57/h17-39H,13-16H2,1-12H3. The van der Waals surface area contributed by atoms with Crippen LogP contribution in [-0.2, 0) is 21.7 Å². The summed E-state index contributed by atoms with van der Waals surface area (Å²) in [5.74, 6) is 0. The van der Waals surface area contributed by atoms with E-state index in [-0.39, 0.29) is 28.4 Å². The highest BCUT2D eigenvalue weighted by molar-refractivity contribution is 7.25. The number of thiophene rings is 1. The molecule has 4 heteroatoms. The second kappa shape index (κ2) is 16.0. The van der Waals surface area contributed by atoms with Gasteiger partial charge in [-0.3, -0.25) is 0 Å². The lowest BCUT2D eigenvalue weighted by Crippen LogP contribution is -2.61. The van der Waals surface area contributed by atoms with Gasteiger partial charge in [-0.25, -0.2) is 0 Å². The minimum Gasteiger partial charge on any atom is -0.311 e. The van der Waals surface area contributed by atoms with Crippen molar-refractivity contribution in [3.63, 3.8) is 0 Å². The first-order valence-corrected chi connectivity index (χ1v) is 25.5. The van der Waals surface area contributed by atoms with Gasteiger partial charge in [0.15, 0.2) is 0 Å². The van der Waals surface area contributed by atoms with E-state index in [1.165, 1.54) is 104 Å². The van der Waals surface area contributed by atoms with Gasteiger partial charge in [-0.05, 0) is 158 Å². The van der Waals surface area contributed by atoms with Gasteiger partial charge in [0, 0.05) is 54.2 Å². The first kappa shape index (κ1) is 44.3. The van der Waals surface area contributed by atoms with Gasteiger partial charge >= 0.3 is 0 Å². The Hall–Kier alpha value is -5.58. The average Bonchev–Trinajstić information content (AvgIpc) is 3.71. The van der Waals surface area contributed by atoms with Crippen LogP contribution in [0.5, 0.6) is 0 Å². The van der Waals surface area contributed by atoms with Gasteiger partial charge in [0.1, 0.15) is 0 Å². The zero-order chi connectivity index (χ0) is 46.5. The predicted molar refractivity (Wildman–Crippen MR) is 292 cm³/mol. The van der Waals surface area contributed by atoms with Crippen LogP contribution >= 0.6 is 11.3 Å². The van der Waals surface area contributed by atoms with Gasteiger partial charge < -0.3 is 9.80 Å². The van der Waals surface area contributed by atoms with E-state index in [4.69, 9.17) is 0 Å². The number of hydrogen-bond acceptors (Lipinski definition) is 3. The molecule has 2 aliphatic rings. The van der Waals surface area contributed by atoms with Crippen LogP contribution in [0.4, 0.5) is 34.1 Å². The molecule has 1 aromatic heterocycles. The van der Waals surface area contributed by atoms with Crippen LogP contribution in [0.25, 0.3) is 31.3 Å². The Morgan fingerprint density at radius 2 is 0.894 bits per heavy atom. The van der Waals surface area contributed by atoms with Gasteiger partial charge in [0.2, 0.25) is 0 Å². The topological polar surface area (TPSA) is 6.48 Å². The number of benzene rings is 7. The minimum atomic E-state index is 0.0139. The number of hydrogen-bond donors (Lipinski definition) is 0. The Labute approximate surface area is 399 Å². The molecule has 0 N–H and O–H groups in total. The summed E-state index contributed by atoms with van der Waals surface area (Å²) in [6.07, 6.45) is 4.27. The largest absolute Gasteiger partial charge is 0.311 e. The van der Waals surface area contributed by atoms with Crippen molar-refractivity contribution in [1.82, 2.24) is 0 Å². The Kier molecular flexibility index (Phi) is 10.8. The van der Waals surface area contributed by atoms with Gasteiger partial charge in [-0.1, -0.05) is 156 Å². The molecule has 0 amide bonds. The van der Waals surface area contributed by atoms with Crippen molar-refractivity contribution in [2.24, 2.45) is 0 Å². The van der Waals surface area contributed by atoms with Crippen molar-refractivity contribution in [3.05, 3.63) is 162 Å². The smallest absolute Gasteiger partial charge is 0.252 e. The molecule has 66 heavy (non-hydrogen) atoms. The molecule has 2 nitrogen and oxygen atoms in total. The second-order valence-corrected chi connectivity index (χ2v) is 23.0. The fourth-order valence-electron chi connectivity index (χ4n) is 10.5. The number of anilines is 6. The van der Waals surface area contributed by atoms with Gasteiger partial charge in [-0.2, -0.15) is 0 Å². The molecule has 0 radical (unpaired) electrons. The van der Waals surface area contributed by atoms with Crippen molar-refractivity contribution >= 4 is 88.7 Å². The number of nitrogens with zero attached hydrogens (tertiary/aromatic N) is 2. The molecule has 0 saturated heterocycles.